The van der Waals surface area contributed by atoms with Gasteiger partial charge in [0.15, 0.2) is 0 Å². The summed E-state index contributed by atoms with van der Waals surface area (Å²) in [6.07, 6.45) is 0.868. The van der Waals surface area contributed by atoms with E-state index in [1.54, 1.807) is 0 Å². The van der Waals surface area contributed by atoms with Gasteiger partial charge in [-0.15, -0.1) is 0 Å². The summed E-state index contributed by atoms with van der Waals surface area (Å²) < 4.78 is 0. The topological polar surface area (TPSA) is 30.3 Å². The number of anilines is 1. The number of piperazine rings is 1. The molecule has 3 heteroatoms. The van der Waals surface area contributed by atoms with Crippen LogP contribution in [0.25, 0.3) is 0 Å². The third kappa shape index (κ3) is 4.65. The van der Waals surface area contributed by atoms with Crippen molar-refractivity contribution >= 4 is 5.69 Å². The Morgan fingerprint density at radius 1 is 1.00 bits per heavy atom. The van der Waals surface area contributed by atoms with Crippen molar-refractivity contribution in [2.75, 3.05) is 37.6 Å². The van der Waals surface area contributed by atoms with Gasteiger partial charge < -0.3 is 4.90 Å². The maximum absolute atomic E-state index is 9.31. The van der Waals surface area contributed by atoms with Crippen molar-refractivity contribution in [1.82, 2.24) is 4.90 Å². The van der Waals surface area contributed by atoms with E-state index in [1.165, 1.54) is 28.3 Å². The fourth-order valence-corrected chi connectivity index (χ4v) is 3.63. The smallest absolute Gasteiger partial charge is 0.0991 e. The molecule has 2 aromatic carbocycles. The molecular weight excluding hydrogens is 318 g/mol. The molecule has 1 aliphatic heterocycles. The Labute approximate surface area is 157 Å². The fourth-order valence-electron chi connectivity index (χ4n) is 3.63. The Kier molecular flexibility index (Phi) is 5.96. The van der Waals surface area contributed by atoms with Crippen molar-refractivity contribution < 1.29 is 0 Å². The lowest BCUT2D eigenvalue weighted by Crippen LogP contribution is -2.47. The van der Waals surface area contributed by atoms with Crippen molar-refractivity contribution in [1.29, 1.82) is 5.26 Å². The SMILES string of the molecule is C[C](C)CN1CCN(c2ccc(C#N)cc2Cc2ccc(C)cc2)CC1. The summed E-state index contributed by atoms with van der Waals surface area (Å²) >= 11 is 0. The Balaban J connectivity index is 1.79. The normalized spacial score (nSPS) is 15.3. The summed E-state index contributed by atoms with van der Waals surface area (Å²) in [6, 6.07) is 17.1. The minimum absolute atomic E-state index is 0.741. The van der Waals surface area contributed by atoms with Crippen LogP contribution in [0.5, 0.6) is 0 Å². The van der Waals surface area contributed by atoms with Gasteiger partial charge in [-0.2, -0.15) is 5.26 Å². The van der Waals surface area contributed by atoms with Crippen LogP contribution in [0.15, 0.2) is 42.5 Å². The van der Waals surface area contributed by atoms with Gasteiger partial charge in [-0.05, 0) is 48.6 Å². The molecule has 0 N–H and O–H groups in total. The van der Waals surface area contributed by atoms with E-state index in [2.05, 4.69) is 73.0 Å². The van der Waals surface area contributed by atoms with Crippen molar-refractivity contribution in [3.05, 3.63) is 70.6 Å². The highest BCUT2D eigenvalue weighted by molar-refractivity contribution is 5.58. The van der Waals surface area contributed by atoms with Crippen LogP contribution in [-0.4, -0.2) is 37.6 Å². The zero-order valence-corrected chi connectivity index (χ0v) is 16.1. The van der Waals surface area contributed by atoms with Gasteiger partial charge in [0.2, 0.25) is 0 Å². The monoisotopic (exact) mass is 346 g/mol. The summed E-state index contributed by atoms with van der Waals surface area (Å²) in [5.41, 5.74) is 5.84. The van der Waals surface area contributed by atoms with E-state index in [-0.39, 0.29) is 0 Å². The molecule has 2 aromatic rings. The minimum atomic E-state index is 0.741. The molecule has 0 atom stereocenters. The van der Waals surface area contributed by atoms with Crippen LogP contribution in [0.3, 0.4) is 0 Å². The number of rotatable bonds is 5. The number of hydrogen-bond acceptors (Lipinski definition) is 3. The first-order valence-electron chi connectivity index (χ1n) is 9.40. The van der Waals surface area contributed by atoms with E-state index in [9.17, 15) is 5.26 Å². The Bertz CT molecular complexity index is 763. The van der Waals surface area contributed by atoms with Crippen LogP contribution in [0.1, 0.15) is 36.1 Å². The molecule has 1 radical (unpaired) electrons. The first-order chi connectivity index (χ1) is 12.5. The summed E-state index contributed by atoms with van der Waals surface area (Å²) in [7, 11) is 0. The van der Waals surface area contributed by atoms with Crippen LogP contribution in [-0.2, 0) is 6.42 Å². The van der Waals surface area contributed by atoms with Crippen molar-refractivity contribution in [2.45, 2.75) is 27.2 Å². The number of hydrogen-bond donors (Lipinski definition) is 0. The van der Waals surface area contributed by atoms with Crippen molar-refractivity contribution in [2.24, 2.45) is 0 Å². The minimum Gasteiger partial charge on any atom is -0.369 e. The van der Waals surface area contributed by atoms with Gasteiger partial charge >= 0.3 is 0 Å². The molecule has 0 unspecified atom stereocenters. The second kappa shape index (κ2) is 8.38. The fraction of sp³-hybridized carbons (Fsp3) is 0.391. The molecule has 1 heterocycles. The highest BCUT2D eigenvalue weighted by atomic mass is 15.3. The zero-order chi connectivity index (χ0) is 18.5. The first kappa shape index (κ1) is 18.5. The van der Waals surface area contributed by atoms with Crippen molar-refractivity contribution in [3.63, 3.8) is 0 Å². The van der Waals surface area contributed by atoms with E-state index in [4.69, 9.17) is 0 Å². The average Bonchev–Trinajstić information content (AvgIpc) is 2.64. The largest absolute Gasteiger partial charge is 0.369 e. The highest BCUT2D eigenvalue weighted by Gasteiger charge is 2.20. The molecular formula is C23H28N3. The predicted octanol–water partition coefficient (Wildman–Crippen LogP) is 4.19. The van der Waals surface area contributed by atoms with E-state index in [0.29, 0.717) is 0 Å². The highest BCUT2D eigenvalue weighted by Crippen LogP contribution is 2.26. The lowest BCUT2D eigenvalue weighted by Gasteiger charge is -2.37. The summed E-state index contributed by atoms with van der Waals surface area (Å²) in [6.45, 7) is 11.9. The summed E-state index contributed by atoms with van der Waals surface area (Å²) in [5.74, 6) is 1.47. The molecule has 1 fully saturated rings. The lowest BCUT2D eigenvalue weighted by molar-refractivity contribution is 0.267. The quantitative estimate of drug-likeness (QED) is 0.813. The predicted molar refractivity (Wildman–Crippen MR) is 108 cm³/mol. The third-order valence-electron chi connectivity index (χ3n) is 4.98. The summed E-state index contributed by atoms with van der Waals surface area (Å²) in [4.78, 5) is 5.00. The second-order valence-electron chi connectivity index (χ2n) is 7.59. The number of aryl methyl sites for hydroxylation is 1. The van der Waals surface area contributed by atoms with Crippen LogP contribution >= 0.6 is 0 Å². The molecule has 0 bridgehead atoms. The Hall–Kier alpha value is -2.31. The van der Waals surface area contributed by atoms with Crippen LogP contribution < -0.4 is 4.90 Å². The van der Waals surface area contributed by atoms with Gasteiger partial charge in [-0.1, -0.05) is 43.7 Å². The van der Waals surface area contributed by atoms with Crippen molar-refractivity contribution in [3.8, 4) is 6.07 Å². The van der Waals surface area contributed by atoms with Gasteiger partial charge in [0.05, 0.1) is 11.6 Å². The molecule has 0 saturated carbocycles. The molecule has 0 aliphatic carbocycles. The van der Waals surface area contributed by atoms with Gasteiger partial charge in [0.25, 0.3) is 0 Å². The molecule has 26 heavy (non-hydrogen) atoms. The zero-order valence-electron chi connectivity index (χ0n) is 16.1. The maximum atomic E-state index is 9.31. The second-order valence-corrected chi connectivity index (χ2v) is 7.59. The number of benzene rings is 2. The van der Waals surface area contributed by atoms with E-state index in [0.717, 1.165) is 44.7 Å². The van der Waals surface area contributed by atoms with Gasteiger partial charge in [0.1, 0.15) is 0 Å². The third-order valence-corrected chi connectivity index (χ3v) is 4.98. The molecule has 1 saturated heterocycles. The molecule has 135 valence electrons. The van der Waals surface area contributed by atoms with Crippen LogP contribution in [0, 0.1) is 24.2 Å². The average molecular weight is 346 g/mol. The molecule has 0 aromatic heterocycles. The number of nitriles is 1. The van der Waals surface area contributed by atoms with Crippen LogP contribution in [0.2, 0.25) is 0 Å². The van der Waals surface area contributed by atoms with E-state index in [1.807, 2.05) is 6.07 Å². The van der Waals surface area contributed by atoms with E-state index >= 15 is 0 Å². The maximum Gasteiger partial charge on any atom is 0.0991 e. The Morgan fingerprint density at radius 2 is 1.69 bits per heavy atom. The molecule has 0 spiro atoms. The summed E-state index contributed by atoms with van der Waals surface area (Å²) in [5, 5.41) is 9.31. The standard InChI is InChI=1S/C23H28N3/c1-18(2)17-25-10-12-26(13-11-25)23-9-8-21(16-24)15-22(23)14-20-6-4-19(3)5-7-20/h4-9,15H,10-14,17H2,1-3H3. The number of nitrogens with zero attached hydrogens (tertiary/aromatic N) is 3. The molecule has 3 rings (SSSR count). The van der Waals surface area contributed by atoms with Crippen LogP contribution in [0.4, 0.5) is 5.69 Å². The molecule has 3 nitrogen and oxygen atoms in total. The van der Waals surface area contributed by atoms with Gasteiger partial charge in [0, 0.05) is 38.4 Å². The lowest BCUT2D eigenvalue weighted by atomic mass is 9.99. The van der Waals surface area contributed by atoms with Gasteiger partial charge in [-0.3, -0.25) is 4.90 Å². The molecule has 1 aliphatic rings. The molecule has 0 amide bonds. The first-order valence-corrected chi connectivity index (χ1v) is 9.40. The van der Waals surface area contributed by atoms with Gasteiger partial charge in [-0.25, -0.2) is 0 Å². The van der Waals surface area contributed by atoms with E-state index < -0.39 is 0 Å². The Morgan fingerprint density at radius 3 is 2.31 bits per heavy atom.